The van der Waals surface area contributed by atoms with Gasteiger partial charge in [0.2, 0.25) is 5.95 Å². The summed E-state index contributed by atoms with van der Waals surface area (Å²) in [4.78, 5) is 13.6. The van der Waals surface area contributed by atoms with Crippen LogP contribution in [0.4, 0.5) is 5.95 Å². The molecule has 26 heavy (non-hydrogen) atoms. The van der Waals surface area contributed by atoms with Crippen molar-refractivity contribution in [1.82, 2.24) is 14.9 Å². The summed E-state index contributed by atoms with van der Waals surface area (Å²) >= 11 is 0. The van der Waals surface area contributed by atoms with Gasteiger partial charge in [-0.3, -0.25) is 4.90 Å². The molecule has 0 aliphatic carbocycles. The van der Waals surface area contributed by atoms with Gasteiger partial charge >= 0.3 is 0 Å². The molecule has 1 aliphatic heterocycles. The molecule has 0 saturated carbocycles. The van der Waals surface area contributed by atoms with Gasteiger partial charge in [0.1, 0.15) is 0 Å². The van der Waals surface area contributed by atoms with Crippen molar-refractivity contribution >= 4 is 18.4 Å². The molecular weight excluding hydrogens is 352 g/mol. The number of rotatable bonds is 5. The van der Waals surface area contributed by atoms with Crippen molar-refractivity contribution in [1.29, 1.82) is 0 Å². The van der Waals surface area contributed by atoms with Crippen molar-refractivity contribution in [3.8, 4) is 11.5 Å². The van der Waals surface area contributed by atoms with Gasteiger partial charge < -0.3 is 14.4 Å². The van der Waals surface area contributed by atoms with Crippen molar-refractivity contribution in [2.24, 2.45) is 0 Å². The van der Waals surface area contributed by atoms with Crippen molar-refractivity contribution in [2.45, 2.75) is 32.5 Å². The summed E-state index contributed by atoms with van der Waals surface area (Å²) in [6, 6.07) is 8.79. The Morgan fingerprint density at radius 1 is 1.00 bits per heavy atom. The third kappa shape index (κ3) is 4.37. The second-order valence-corrected chi connectivity index (χ2v) is 6.51. The standard InChI is InChI=1S/C19H26N4O2.ClH/c1-14-11-22(19-20-8-5-9-21-19)12-15(2)23(14)13-16-6-7-17(24-3)18(10-16)25-4;/h5-10,14-15H,11-13H2,1-4H3;1H. The highest BCUT2D eigenvalue weighted by molar-refractivity contribution is 5.85. The maximum atomic E-state index is 5.43. The van der Waals surface area contributed by atoms with E-state index in [1.165, 1.54) is 5.56 Å². The van der Waals surface area contributed by atoms with E-state index in [9.17, 15) is 0 Å². The van der Waals surface area contributed by atoms with Crippen LogP contribution in [0.15, 0.2) is 36.7 Å². The van der Waals surface area contributed by atoms with Gasteiger partial charge in [0.05, 0.1) is 14.2 Å². The molecule has 3 rings (SSSR count). The largest absolute Gasteiger partial charge is 0.493 e. The Hall–Kier alpha value is -2.05. The molecule has 7 heteroatoms. The van der Waals surface area contributed by atoms with Crippen LogP contribution in [-0.2, 0) is 6.54 Å². The molecule has 0 radical (unpaired) electrons. The first kappa shape index (κ1) is 20.3. The monoisotopic (exact) mass is 378 g/mol. The molecule has 142 valence electrons. The van der Waals surface area contributed by atoms with Crippen molar-refractivity contribution < 1.29 is 9.47 Å². The fourth-order valence-electron chi connectivity index (χ4n) is 3.48. The van der Waals surface area contributed by atoms with Crippen molar-refractivity contribution in [3.05, 3.63) is 42.2 Å². The number of anilines is 1. The van der Waals surface area contributed by atoms with Gasteiger partial charge in [-0.1, -0.05) is 6.07 Å². The Kier molecular flexibility index (Phi) is 7.06. The van der Waals surface area contributed by atoms with Gasteiger partial charge in [-0.05, 0) is 37.6 Å². The summed E-state index contributed by atoms with van der Waals surface area (Å²) in [7, 11) is 3.33. The van der Waals surface area contributed by atoms with E-state index in [2.05, 4.69) is 45.7 Å². The third-order valence-electron chi connectivity index (χ3n) is 4.75. The van der Waals surface area contributed by atoms with Crippen molar-refractivity contribution in [3.63, 3.8) is 0 Å². The quantitative estimate of drug-likeness (QED) is 0.797. The maximum Gasteiger partial charge on any atom is 0.225 e. The summed E-state index contributed by atoms with van der Waals surface area (Å²) in [5.41, 5.74) is 1.22. The van der Waals surface area contributed by atoms with E-state index in [0.29, 0.717) is 12.1 Å². The number of hydrogen-bond donors (Lipinski definition) is 0. The lowest BCUT2D eigenvalue weighted by Gasteiger charge is -2.44. The van der Waals surface area contributed by atoms with E-state index < -0.39 is 0 Å². The molecule has 1 aromatic heterocycles. The SMILES string of the molecule is COc1ccc(CN2C(C)CN(c3ncccn3)CC2C)cc1OC.Cl. The number of piperazine rings is 1. The number of nitrogens with zero attached hydrogens (tertiary/aromatic N) is 4. The minimum atomic E-state index is 0. The van der Waals surface area contributed by atoms with Crippen LogP contribution in [0.3, 0.4) is 0 Å². The number of ether oxygens (including phenoxy) is 2. The number of methoxy groups -OCH3 is 2. The number of aromatic nitrogens is 2. The number of hydrogen-bond acceptors (Lipinski definition) is 6. The molecule has 2 heterocycles. The van der Waals surface area contributed by atoms with E-state index in [0.717, 1.165) is 37.1 Å². The average molecular weight is 379 g/mol. The minimum Gasteiger partial charge on any atom is -0.493 e. The zero-order chi connectivity index (χ0) is 17.8. The van der Waals surface area contributed by atoms with Crippen molar-refractivity contribution in [2.75, 3.05) is 32.2 Å². The normalized spacial score (nSPS) is 20.4. The first-order chi connectivity index (χ1) is 12.1. The summed E-state index contributed by atoms with van der Waals surface area (Å²) < 4.78 is 10.8. The molecular formula is C19H27ClN4O2. The van der Waals surface area contributed by atoms with E-state index >= 15 is 0 Å². The molecule has 6 nitrogen and oxygen atoms in total. The van der Waals surface area contributed by atoms with Gasteiger partial charge in [0.25, 0.3) is 0 Å². The van der Waals surface area contributed by atoms with E-state index in [1.54, 1.807) is 26.6 Å². The zero-order valence-electron chi connectivity index (χ0n) is 15.8. The lowest BCUT2D eigenvalue weighted by Crippen LogP contribution is -2.56. The highest BCUT2D eigenvalue weighted by Crippen LogP contribution is 2.29. The first-order valence-electron chi connectivity index (χ1n) is 8.61. The Morgan fingerprint density at radius 2 is 1.62 bits per heavy atom. The molecule has 1 aromatic carbocycles. The van der Waals surface area contributed by atoms with Gasteiger partial charge in [0.15, 0.2) is 11.5 Å². The zero-order valence-corrected chi connectivity index (χ0v) is 16.6. The van der Waals surface area contributed by atoms with Crippen LogP contribution < -0.4 is 14.4 Å². The molecule has 0 spiro atoms. The van der Waals surface area contributed by atoms with Gasteiger partial charge in [0, 0.05) is 44.1 Å². The molecule has 0 amide bonds. The molecule has 2 unspecified atom stereocenters. The van der Waals surface area contributed by atoms with Crippen LogP contribution in [0.1, 0.15) is 19.4 Å². The van der Waals surface area contributed by atoms with E-state index in [1.807, 2.05) is 12.1 Å². The fraction of sp³-hybridized carbons (Fsp3) is 0.474. The second-order valence-electron chi connectivity index (χ2n) is 6.51. The first-order valence-corrected chi connectivity index (χ1v) is 8.61. The molecule has 1 fully saturated rings. The van der Waals surface area contributed by atoms with Crippen LogP contribution in [-0.4, -0.2) is 54.3 Å². The topological polar surface area (TPSA) is 50.7 Å². The number of halogens is 1. The second kappa shape index (κ2) is 9.05. The third-order valence-corrected chi connectivity index (χ3v) is 4.75. The van der Waals surface area contributed by atoms with Crippen LogP contribution in [0, 0.1) is 0 Å². The van der Waals surface area contributed by atoms with Crippen LogP contribution in [0.2, 0.25) is 0 Å². The van der Waals surface area contributed by atoms with Crippen LogP contribution in [0.5, 0.6) is 11.5 Å². The Bertz CT molecular complexity index is 689. The predicted molar refractivity (Wildman–Crippen MR) is 106 cm³/mol. The lowest BCUT2D eigenvalue weighted by atomic mass is 10.1. The summed E-state index contributed by atoms with van der Waals surface area (Å²) in [6.45, 7) is 7.23. The molecule has 0 N–H and O–H groups in total. The fourth-order valence-corrected chi connectivity index (χ4v) is 3.48. The predicted octanol–water partition coefficient (Wildman–Crippen LogP) is 3.01. The highest BCUT2D eigenvalue weighted by atomic mass is 35.5. The smallest absolute Gasteiger partial charge is 0.225 e. The van der Waals surface area contributed by atoms with E-state index in [4.69, 9.17) is 9.47 Å². The minimum absolute atomic E-state index is 0. The summed E-state index contributed by atoms with van der Waals surface area (Å²) in [5.74, 6) is 2.35. The van der Waals surface area contributed by atoms with Crippen LogP contribution in [0.25, 0.3) is 0 Å². The number of benzene rings is 1. The average Bonchev–Trinajstić information content (AvgIpc) is 2.65. The Labute approximate surface area is 161 Å². The van der Waals surface area contributed by atoms with Gasteiger partial charge in [-0.2, -0.15) is 0 Å². The molecule has 1 saturated heterocycles. The highest BCUT2D eigenvalue weighted by Gasteiger charge is 2.30. The summed E-state index contributed by atoms with van der Waals surface area (Å²) in [6.07, 6.45) is 3.60. The molecule has 0 bridgehead atoms. The van der Waals surface area contributed by atoms with Gasteiger partial charge in [-0.15, -0.1) is 12.4 Å². The molecule has 2 aromatic rings. The van der Waals surface area contributed by atoms with Gasteiger partial charge in [-0.25, -0.2) is 9.97 Å². The lowest BCUT2D eigenvalue weighted by molar-refractivity contribution is 0.122. The Balaban J connectivity index is 0.00000243. The maximum absolute atomic E-state index is 5.43. The van der Waals surface area contributed by atoms with Crippen LogP contribution >= 0.6 is 12.4 Å². The summed E-state index contributed by atoms with van der Waals surface area (Å²) in [5, 5.41) is 0. The Morgan fingerprint density at radius 3 is 2.19 bits per heavy atom. The molecule has 1 aliphatic rings. The van der Waals surface area contributed by atoms with E-state index in [-0.39, 0.29) is 12.4 Å². The molecule has 2 atom stereocenters.